The summed E-state index contributed by atoms with van der Waals surface area (Å²) in [6.07, 6.45) is 2.08. The van der Waals surface area contributed by atoms with E-state index in [1.54, 1.807) is 7.11 Å². The van der Waals surface area contributed by atoms with Crippen molar-refractivity contribution in [2.24, 2.45) is 0 Å². The third-order valence-electron chi connectivity index (χ3n) is 2.45. The van der Waals surface area contributed by atoms with E-state index in [2.05, 4.69) is 34.1 Å². The molecule has 0 spiro atoms. The second-order valence-corrected chi connectivity index (χ2v) is 4.87. The smallest absolute Gasteiger partial charge is 0.0701 e. The Morgan fingerprint density at radius 2 is 1.72 bits per heavy atom. The van der Waals surface area contributed by atoms with Gasteiger partial charge in [0, 0.05) is 18.2 Å². The SMILES string of the molecule is COCCOCCOCCCc1cccc(Br)c1. The van der Waals surface area contributed by atoms with E-state index < -0.39 is 0 Å². The first-order valence-electron chi connectivity index (χ1n) is 6.22. The summed E-state index contributed by atoms with van der Waals surface area (Å²) in [5.41, 5.74) is 1.34. The van der Waals surface area contributed by atoms with Gasteiger partial charge < -0.3 is 14.2 Å². The quantitative estimate of drug-likeness (QED) is 0.621. The highest BCUT2D eigenvalue weighted by Gasteiger charge is 1.95. The van der Waals surface area contributed by atoms with Crippen molar-refractivity contribution in [3.8, 4) is 0 Å². The van der Waals surface area contributed by atoms with Crippen molar-refractivity contribution in [2.45, 2.75) is 12.8 Å². The highest BCUT2D eigenvalue weighted by atomic mass is 79.9. The van der Waals surface area contributed by atoms with Crippen molar-refractivity contribution < 1.29 is 14.2 Å². The van der Waals surface area contributed by atoms with E-state index in [1.807, 2.05) is 6.07 Å². The lowest BCUT2D eigenvalue weighted by Crippen LogP contribution is -2.09. The Bertz CT molecular complexity index is 318. The van der Waals surface area contributed by atoms with Crippen molar-refractivity contribution in [2.75, 3.05) is 40.1 Å². The predicted octanol–water partition coefficient (Wildman–Crippen LogP) is 3.06. The maximum Gasteiger partial charge on any atom is 0.0701 e. The van der Waals surface area contributed by atoms with E-state index in [9.17, 15) is 0 Å². The average Bonchev–Trinajstić information content (AvgIpc) is 2.37. The number of halogens is 1. The molecule has 0 aliphatic carbocycles. The monoisotopic (exact) mass is 316 g/mol. The van der Waals surface area contributed by atoms with Gasteiger partial charge in [-0.2, -0.15) is 0 Å². The van der Waals surface area contributed by atoms with E-state index in [-0.39, 0.29) is 0 Å². The molecule has 0 saturated carbocycles. The van der Waals surface area contributed by atoms with Gasteiger partial charge in [-0.3, -0.25) is 0 Å². The molecular formula is C14H21BrO3. The summed E-state index contributed by atoms with van der Waals surface area (Å²) in [7, 11) is 1.67. The molecule has 0 atom stereocenters. The maximum atomic E-state index is 5.49. The molecule has 1 aromatic rings. The summed E-state index contributed by atoms with van der Waals surface area (Å²) in [5.74, 6) is 0. The van der Waals surface area contributed by atoms with Crippen LogP contribution in [-0.2, 0) is 20.6 Å². The van der Waals surface area contributed by atoms with Crippen LogP contribution in [0.2, 0.25) is 0 Å². The molecule has 0 aliphatic heterocycles. The number of hydrogen-bond donors (Lipinski definition) is 0. The Morgan fingerprint density at radius 3 is 2.44 bits per heavy atom. The fourth-order valence-corrected chi connectivity index (χ4v) is 1.98. The van der Waals surface area contributed by atoms with Gasteiger partial charge in [-0.1, -0.05) is 28.1 Å². The molecule has 0 unspecified atom stereocenters. The van der Waals surface area contributed by atoms with Crippen LogP contribution in [0.15, 0.2) is 28.7 Å². The number of rotatable bonds is 10. The van der Waals surface area contributed by atoms with Gasteiger partial charge in [0.15, 0.2) is 0 Å². The van der Waals surface area contributed by atoms with Crippen molar-refractivity contribution >= 4 is 15.9 Å². The zero-order valence-electron chi connectivity index (χ0n) is 10.9. The van der Waals surface area contributed by atoms with Crippen LogP contribution in [0.25, 0.3) is 0 Å². The molecule has 0 fully saturated rings. The van der Waals surface area contributed by atoms with E-state index in [0.717, 1.165) is 23.9 Å². The van der Waals surface area contributed by atoms with Crippen molar-refractivity contribution in [1.82, 2.24) is 0 Å². The van der Waals surface area contributed by atoms with Gasteiger partial charge in [-0.05, 0) is 30.5 Å². The van der Waals surface area contributed by atoms with Crippen LogP contribution in [0, 0.1) is 0 Å². The zero-order valence-corrected chi connectivity index (χ0v) is 12.4. The zero-order chi connectivity index (χ0) is 13.1. The third-order valence-corrected chi connectivity index (χ3v) is 2.94. The first kappa shape index (κ1) is 15.6. The number of methoxy groups -OCH3 is 1. The molecule has 4 heteroatoms. The molecule has 0 heterocycles. The molecule has 0 amide bonds. The molecule has 0 saturated heterocycles. The van der Waals surface area contributed by atoms with E-state index in [0.29, 0.717) is 26.4 Å². The topological polar surface area (TPSA) is 27.7 Å². The first-order valence-corrected chi connectivity index (χ1v) is 7.01. The summed E-state index contributed by atoms with van der Waals surface area (Å²) in [4.78, 5) is 0. The minimum absolute atomic E-state index is 0.637. The Hall–Kier alpha value is -0.420. The van der Waals surface area contributed by atoms with Gasteiger partial charge in [-0.15, -0.1) is 0 Å². The Labute approximate surface area is 118 Å². The van der Waals surface area contributed by atoms with Gasteiger partial charge in [0.2, 0.25) is 0 Å². The fraction of sp³-hybridized carbons (Fsp3) is 0.571. The standard InChI is InChI=1S/C14H21BrO3/c1-16-8-9-18-11-10-17-7-3-5-13-4-2-6-14(15)12-13/h2,4,6,12H,3,5,7-11H2,1H3. The summed E-state index contributed by atoms with van der Waals surface area (Å²) in [6.45, 7) is 3.35. The summed E-state index contributed by atoms with van der Waals surface area (Å²) < 4.78 is 16.8. The molecule has 0 aromatic heterocycles. The second kappa shape index (κ2) is 10.5. The molecule has 18 heavy (non-hydrogen) atoms. The Balaban J connectivity index is 1.92. The molecule has 1 aromatic carbocycles. The molecule has 3 nitrogen and oxygen atoms in total. The van der Waals surface area contributed by atoms with E-state index >= 15 is 0 Å². The van der Waals surface area contributed by atoms with Crippen LogP contribution in [0.1, 0.15) is 12.0 Å². The predicted molar refractivity (Wildman–Crippen MR) is 76.0 cm³/mol. The lowest BCUT2D eigenvalue weighted by Gasteiger charge is -2.06. The minimum atomic E-state index is 0.637. The van der Waals surface area contributed by atoms with Crippen molar-refractivity contribution in [3.63, 3.8) is 0 Å². The first-order chi connectivity index (χ1) is 8.83. The third kappa shape index (κ3) is 7.82. The average molecular weight is 317 g/mol. The molecule has 102 valence electrons. The van der Waals surface area contributed by atoms with Crippen LogP contribution in [0.3, 0.4) is 0 Å². The van der Waals surface area contributed by atoms with Gasteiger partial charge in [-0.25, -0.2) is 0 Å². The maximum absolute atomic E-state index is 5.49. The van der Waals surface area contributed by atoms with Gasteiger partial charge >= 0.3 is 0 Å². The van der Waals surface area contributed by atoms with E-state index in [4.69, 9.17) is 14.2 Å². The second-order valence-electron chi connectivity index (χ2n) is 3.95. The van der Waals surface area contributed by atoms with Crippen LogP contribution >= 0.6 is 15.9 Å². The van der Waals surface area contributed by atoms with Crippen LogP contribution < -0.4 is 0 Å². The summed E-state index contributed by atoms with van der Waals surface area (Å²) >= 11 is 3.47. The van der Waals surface area contributed by atoms with Gasteiger partial charge in [0.25, 0.3) is 0 Å². The van der Waals surface area contributed by atoms with E-state index in [1.165, 1.54) is 5.56 Å². The van der Waals surface area contributed by atoms with Gasteiger partial charge in [0.1, 0.15) is 0 Å². The Morgan fingerprint density at radius 1 is 1.00 bits per heavy atom. The molecule has 1 rings (SSSR count). The normalized spacial score (nSPS) is 10.8. The number of ether oxygens (including phenoxy) is 3. The highest BCUT2D eigenvalue weighted by molar-refractivity contribution is 9.10. The lowest BCUT2D eigenvalue weighted by atomic mass is 10.1. The lowest BCUT2D eigenvalue weighted by molar-refractivity contribution is 0.0244. The summed E-state index contributed by atoms with van der Waals surface area (Å²) in [5, 5.41) is 0. The minimum Gasteiger partial charge on any atom is -0.382 e. The molecule has 0 radical (unpaired) electrons. The summed E-state index contributed by atoms with van der Waals surface area (Å²) in [6, 6.07) is 8.38. The van der Waals surface area contributed by atoms with Crippen LogP contribution in [-0.4, -0.2) is 40.1 Å². The highest BCUT2D eigenvalue weighted by Crippen LogP contribution is 2.12. The number of benzene rings is 1. The van der Waals surface area contributed by atoms with Crippen LogP contribution in [0.5, 0.6) is 0 Å². The number of aryl methyl sites for hydroxylation is 1. The molecule has 0 aliphatic rings. The largest absolute Gasteiger partial charge is 0.382 e. The van der Waals surface area contributed by atoms with Gasteiger partial charge in [0.05, 0.1) is 26.4 Å². The molecular weight excluding hydrogens is 296 g/mol. The van der Waals surface area contributed by atoms with Crippen molar-refractivity contribution in [1.29, 1.82) is 0 Å². The molecule has 0 N–H and O–H groups in total. The molecule has 0 bridgehead atoms. The number of hydrogen-bond acceptors (Lipinski definition) is 3. The Kier molecular flexibility index (Phi) is 9.12. The van der Waals surface area contributed by atoms with Crippen LogP contribution in [0.4, 0.5) is 0 Å². The fourth-order valence-electron chi connectivity index (χ4n) is 1.54. The van der Waals surface area contributed by atoms with Crippen molar-refractivity contribution in [3.05, 3.63) is 34.3 Å².